The van der Waals surface area contributed by atoms with Crippen LogP contribution in [-0.4, -0.2) is 8.42 Å². The van der Waals surface area contributed by atoms with Crippen LogP contribution in [0, 0.1) is 11.3 Å². The predicted molar refractivity (Wildman–Crippen MR) is 66.2 cm³/mol. The van der Waals surface area contributed by atoms with E-state index in [4.69, 9.17) is 15.9 Å². The van der Waals surface area contributed by atoms with Gasteiger partial charge < -0.3 is 0 Å². The van der Waals surface area contributed by atoms with Gasteiger partial charge in [-0.3, -0.25) is 0 Å². The molecule has 1 rings (SSSR count). The number of rotatable bonds is 3. The maximum atomic E-state index is 11.3. The number of benzene rings is 1. The lowest BCUT2D eigenvalue weighted by Crippen LogP contribution is -2.02. The van der Waals surface area contributed by atoms with Crippen LogP contribution < -0.4 is 0 Å². The first kappa shape index (κ1) is 13.5. The molecule has 3 nitrogen and oxygen atoms in total. The minimum absolute atomic E-state index is 0.000193. The Labute approximate surface area is 108 Å². The van der Waals surface area contributed by atoms with Gasteiger partial charge in [-0.2, -0.15) is 5.26 Å². The fraction of sp³-hybridized carbons (Fsp3) is 0.300. The first-order valence-corrected chi connectivity index (χ1v) is 7.94. The molecule has 0 fully saturated rings. The summed E-state index contributed by atoms with van der Waals surface area (Å²) >= 11 is 3.18. The van der Waals surface area contributed by atoms with E-state index in [0.29, 0.717) is 17.5 Å². The van der Waals surface area contributed by atoms with Crippen LogP contribution >= 0.6 is 26.6 Å². The highest BCUT2D eigenvalue weighted by atomic mass is 79.9. The summed E-state index contributed by atoms with van der Waals surface area (Å²) < 4.78 is 22.6. The van der Waals surface area contributed by atoms with E-state index in [-0.39, 0.29) is 10.2 Å². The van der Waals surface area contributed by atoms with Crippen molar-refractivity contribution >= 4 is 35.7 Å². The van der Waals surface area contributed by atoms with Crippen LogP contribution in [0.4, 0.5) is 0 Å². The number of aryl methyl sites for hydroxylation is 1. The standard InChI is InChI=1S/C10H9BrClNO2S/c1-2-7-3-4-10(16(12,14)15)8(5-11)9(7)6-13/h3-4H,2,5H2,1H3. The van der Waals surface area contributed by atoms with Gasteiger partial charge in [0.2, 0.25) is 0 Å². The lowest BCUT2D eigenvalue weighted by atomic mass is 10.0. The van der Waals surface area contributed by atoms with E-state index < -0.39 is 9.05 Å². The van der Waals surface area contributed by atoms with Gasteiger partial charge >= 0.3 is 0 Å². The summed E-state index contributed by atoms with van der Waals surface area (Å²) in [5.41, 5.74) is 1.64. The number of nitrogens with zero attached hydrogens (tertiary/aromatic N) is 1. The Bertz CT molecular complexity index is 549. The molecule has 86 valence electrons. The maximum absolute atomic E-state index is 11.3. The molecule has 1 aromatic carbocycles. The lowest BCUT2D eigenvalue weighted by Gasteiger charge is -2.09. The molecule has 0 aliphatic carbocycles. The predicted octanol–water partition coefficient (Wildman–Crippen LogP) is 2.94. The van der Waals surface area contributed by atoms with Gasteiger partial charge in [0.05, 0.1) is 16.5 Å². The summed E-state index contributed by atoms with van der Waals surface area (Å²) in [5, 5.41) is 9.33. The molecule has 6 heteroatoms. The molecule has 0 saturated carbocycles. The van der Waals surface area contributed by atoms with E-state index in [1.807, 2.05) is 13.0 Å². The van der Waals surface area contributed by atoms with Crippen molar-refractivity contribution in [1.82, 2.24) is 0 Å². The normalized spacial score (nSPS) is 11.1. The smallest absolute Gasteiger partial charge is 0.207 e. The second kappa shape index (κ2) is 5.17. The Morgan fingerprint density at radius 2 is 2.12 bits per heavy atom. The molecule has 0 saturated heterocycles. The summed E-state index contributed by atoms with van der Waals surface area (Å²) in [4.78, 5) is -0.000193. The van der Waals surface area contributed by atoms with Crippen LogP contribution in [0.15, 0.2) is 17.0 Å². The Balaban J connectivity index is 3.65. The fourth-order valence-electron chi connectivity index (χ4n) is 1.47. The van der Waals surface area contributed by atoms with Gasteiger partial charge in [-0.15, -0.1) is 0 Å². The Morgan fingerprint density at radius 1 is 1.50 bits per heavy atom. The molecule has 0 heterocycles. The summed E-state index contributed by atoms with van der Waals surface area (Å²) in [6.07, 6.45) is 0.672. The van der Waals surface area contributed by atoms with Gasteiger partial charge in [0.25, 0.3) is 9.05 Å². The first-order valence-electron chi connectivity index (χ1n) is 4.51. The molecule has 0 radical (unpaired) electrons. The molecule has 0 atom stereocenters. The fourth-order valence-corrected chi connectivity index (χ4v) is 3.37. The third-order valence-corrected chi connectivity index (χ3v) is 4.21. The van der Waals surface area contributed by atoms with E-state index in [2.05, 4.69) is 15.9 Å². The van der Waals surface area contributed by atoms with Crippen molar-refractivity contribution in [1.29, 1.82) is 5.26 Å². The van der Waals surface area contributed by atoms with Gasteiger partial charge in [-0.1, -0.05) is 28.9 Å². The number of halogens is 2. The zero-order chi connectivity index (χ0) is 12.3. The van der Waals surface area contributed by atoms with Crippen LogP contribution in [0.1, 0.15) is 23.6 Å². The topological polar surface area (TPSA) is 57.9 Å². The minimum Gasteiger partial charge on any atom is -0.207 e. The molecule has 0 aliphatic heterocycles. The highest BCUT2D eigenvalue weighted by molar-refractivity contribution is 9.08. The van der Waals surface area contributed by atoms with Gasteiger partial charge in [0.1, 0.15) is 0 Å². The molecule has 16 heavy (non-hydrogen) atoms. The van der Waals surface area contributed by atoms with E-state index in [0.717, 1.165) is 5.56 Å². The average molecular weight is 323 g/mol. The summed E-state index contributed by atoms with van der Waals surface area (Å²) in [6, 6.07) is 5.09. The second-order valence-corrected chi connectivity index (χ2v) is 6.21. The van der Waals surface area contributed by atoms with Crippen LogP contribution in [0.3, 0.4) is 0 Å². The van der Waals surface area contributed by atoms with Gasteiger partial charge in [0, 0.05) is 21.6 Å². The minimum atomic E-state index is -3.81. The lowest BCUT2D eigenvalue weighted by molar-refractivity contribution is 0.609. The zero-order valence-electron chi connectivity index (χ0n) is 8.50. The zero-order valence-corrected chi connectivity index (χ0v) is 11.7. The Morgan fingerprint density at radius 3 is 2.50 bits per heavy atom. The largest absolute Gasteiger partial charge is 0.261 e. The third kappa shape index (κ3) is 2.57. The quantitative estimate of drug-likeness (QED) is 0.635. The van der Waals surface area contributed by atoms with Gasteiger partial charge in [0.15, 0.2) is 0 Å². The highest BCUT2D eigenvalue weighted by Crippen LogP contribution is 2.27. The van der Waals surface area contributed by atoms with Crippen molar-refractivity contribution in [3.8, 4) is 6.07 Å². The summed E-state index contributed by atoms with van der Waals surface area (Å²) in [6.45, 7) is 1.91. The molecular weight excluding hydrogens is 314 g/mol. The molecular formula is C10H9BrClNO2S. The summed E-state index contributed by atoms with van der Waals surface area (Å²) in [5.74, 6) is 0. The van der Waals surface area contributed by atoms with Crippen molar-refractivity contribution < 1.29 is 8.42 Å². The van der Waals surface area contributed by atoms with Crippen molar-refractivity contribution in [2.45, 2.75) is 23.6 Å². The number of alkyl halides is 1. The van der Waals surface area contributed by atoms with E-state index >= 15 is 0 Å². The SMILES string of the molecule is CCc1ccc(S(=O)(=O)Cl)c(CBr)c1C#N. The van der Waals surface area contributed by atoms with Crippen molar-refractivity contribution in [2.75, 3.05) is 0 Å². The first-order chi connectivity index (χ1) is 7.45. The molecule has 0 amide bonds. The number of nitriles is 1. The molecule has 0 aromatic heterocycles. The third-order valence-electron chi connectivity index (χ3n) is 2.25. The van der Waals surface area contributed by atoms with Crippen molar-refractivity contribution in [3.05, 3.63) is 28.8 Å². The molecule has 0 unspecified atom stereocenters. The van der Waals surface area contributed by atoms with Crippen LogP contribution in [0.2, 0.25) is 0 Å². The Hall–Kier alpha value is -0.570. The second-order valence-electron chi connectivity index (χ2n) is 3.11. The van der Waals surface area contributed by atoms with E-state index in [9.17, 15) is 8.42 Å². The number of hydrogen-bond donors (Lipinski definition) is 0. The highest BCUT2D eigenvalue weighted by Gasteiger charge is 2.19. The van der Waals surface area contributed by atoms with Crippen LogP contribution in [0.25, 0.3) is 0 Å². The van der Waals surface area contributed by atoms with Crippen molar-refractivity contribution in [3.63, 3.8) is 0 Å². The molecule has 0 aliphatic rings. The maximum Gasteiger partial charge on any atom is 0.261 e. The van der Waals surface area contributed by atoms with E-state index in [1.54, 1.807) is 6.07 Å². The van der Waals surface area contributed by atoms with Crippen LogP contribution in [0.5, 0.6) is 0 Å². The average Bonchev–Trinajstić information content (AvgIpc) is 2.25. The van der Waals surface area contributed by atoms with Crippen LogP contribution in [-0.2, 0) is 20.8 Å². The molecule has 0 spiro atoms. The monoisotopic (exact) mass is 321 g/mol. The number of hydrogen-bond acceptors (Lipinski definition) is 3. The molecule has 0 N–H and O–H groups in total. The van der Waals surface area contributed by atoms with E-state index in [1.165, 1.54) is 6.07 Å². The Kier molecular flexibility index (Phi) is 4.36. The molecule has 0 bridgehead atoms. The van der Waals surface area contributed by atoms with Crippen molar-refractivity contribution in [2.24, 2.45) is 0 Å². The summed E-state index contributed by atoms with van der Waals surface area (Å²) in [7, 11) is 1.50. The van der Waals surface area contributed by atoms with Gasteiger partial charge in [-0.25, -0.2) is 8.42 Å². The molecule has 1 aromatic rings. The van der Waals surface area contributed by atoms with Gasteiger partial charge in [-0.05, 0) is 18.1 Å².